The van der Waals surface area contributed by atoms with E-state index in [4.69, 9.17) is 10.5 Å². The first-order valence-corrected chi connectivity index (χ1v) is 10.7. The van der Waals surface area contributed by atoms with Gasteiger partial charge in [-0.2, -0.15) is 11.8 Å². The molecule has 2 rings (SSSR count). The molecule has 2 amide bonds. The summed E-state index contributed by atoms with van der Waals surface area (Å²) in [7, 11) is 0. The summed E-state index contributed by atoms with van der Waals surface area (Å²) < 4.78 is 5.39. The van der Waals surface area contributed by atoms with Gasteiger partial charge in [0.15, 0.2) is 0 Å². The first-order chi connectivity index (χ1) is 13.0. The third-order valence-electron chi connectivity index (χ3n) is 4.45. The van der Waals surface area contributed by atoms with Crippen LogP contribution in [0, 0.1) is 0 Å². The number of nitrogens with one attached hydrogen (secondary N) is 1. The van der Waals surface area contributed by atoms with Crippen molar-refractivity contribution in [2.24, 2.45) is 5.73 Å². The highest BCUT2D eigenvalue weighted by atomic mass is 32.2. The van der Waals surface area contributed by atoms with Crippen LogP contribution < -0.4 is 15.8 Å². The molecule has 1 aliphatic rings. The first-order valence-electron chi connectivity index (χ1n) is 9.32. The fraction of sp³-hybridized carbons (Fsp3) is 0.579. The van der Waals surface area contributed by atoms with Gasteiger partial charge in [0.05, 0.1) is 19.2 Å². The summed E-state index contributed by atoms with van der Waals surface area (Å²) in [5.74, 6) is 1.63. The third kappa shape index (κ3) is 7.04. The van der Waals surface area contributed by atoms with Gasteiger partial charge in [0.2, 0.25) is 11.8 Å². The second-order valence-corrected chi connectivity index (χ2v) is 7.48. The molecule has 3 N–H and O–H groups in total. The van der Waals surface area contributed by atoms with Crippen molar-refractivity contribution in [1.29, 1.82) is 0 Å². The van der Waals surface area contributed by atoms with E-state index >= 15 is 0 Å². The molecule has 0 radical (unpaired) electrons. The fourth-order valence-corrected chi connectivity index (χ4v) is 3.42. The largest absolute Gasteiger partial charge is 0.494 e. The second-order valence-electron chi connectivity index (χ2n) is 6.49. The molecule has 7 nitrogen and oxygen atoms in total. The van der Waals surface area contributed by atoms with Crippen LogP contribution in [-0.2, 0) is 9.59 Å². The van der Waals surface area contributed by atoms with Crippen molar-refractivity contribution in [1.82, 2.24) is 9.80 Å². The normalized spacial score (nSPS) is 16.0. The zero-order valence-electron chi connectivity index (χ0n) is 16.1. The molecule has 1 atom stereocenters. The van der Waals surface area contributed by atoms with E-state index in [2.05, 4.69) is 10.2 Å². The van der Waals surface area contributed by atoms with Crippen LogP contribution in [0.1, 0.15) is 13.3 Å². The number of benzene rings is 1. The lowest BCUT2D eigenvalue weighted by molar-refractivity contribution is -0.134. The van der Waals surface area contributed by atoms with Crippen molar-refractivity contribution in [3.63, 3.8) is 0 Å². The van der Waals surface area contributed by atoms with Crippen molar-refractivity contribution < 1.29 is 14.3 Å². The van der Waals surface area contributed by atoms with Crippen molar-refractivity contribution in [2.75, 3.05) is 56.7 Å². The fourth-order valence-electron chi connectivity index (χ4n) is 2.93. The van der Waals surface area contributed by atoms with Crippen LogP contribution in [0.15, 0.2) is 24.3 Å². The number of hydrogen-bond acceptors (Lipinski definition) is 6. The molecule has 0 saturated carbocycles. The minimum Gasteiger partial charge on any atom is -0.494 e. The Balaban J connectivity index is 1.73. The third-order valence-corrected chi connectivity index (χ3v) is 5.09. The topological polar surface area (TPSA) is 87.9 Å². The van der Waals surface area contributed by atoms with Gasteiger partial charge in [-0.15, -0.1) is 0 Å². The zero-order valence-corrected chi connectivity index (χ0v) is 17.0. The number of nitrogens with two attached hydrogens (primary N) is 1. The van der Waals surface area contributed by atoms with Gasteiger partial charge in [-0.25, -0.2) is 0 Å². The molecule has 1 aromatic carbocycles. The van der Waals surface area contributed by atoms with Crippen LogP contribution in [-0.4, -0.2) is 79.0 Å². The number of carbonyl (C=O) groups excluding carboxylic acids is 2. The number of anilines is 1. The van der Waals surface area contributed by atoms with Gasteiger partial charge in [0.25, 0.3) is 0 Å². The minimum atomic E-state index is -0.424. The minimum absolute atomic E-state index is 0.0162. The number of amides is 2. The van der Waals surface area contributed by atoms with Gasteiger partial charge in [0, 0.05) is 31.9 Å². The van der Waals surface area contributed by atoms with Gasteiger partial charge in [-0.3, -0.25) is 14.5 Å². The lowest BCUT2D eigenvalue weighted by atomic mass is 10.2. The predicted octanol–water partition coefficient (Wildman–Crippen LogP) is 1.25. The smallest absolute Gasteiger partial charge is 0.239 e. The molecule has 0 spiro atoms. The van der Waals surface area contributed by atoms with Crippen molar-refractivity contribution >= 4 is 29.3 Å². The molecule has 1 unspecified atom stereocenters. The summed E-state index contributed by atoms with van der Waals surface area (Å²) in [6.45, 7) is 5.44. The van der Waals surface area contributed by atoms with Crippen LogP contribution >= 0.6 is 11.8 Å². The molecule has 8 heteroatoms. The molecule has 1 saturated heterocycles. The monoisotopic (exact) mass is 394 g/mol. The first kappa shape index (κ1) is 21.5. The van der Waals surface area contributed by atoms with E-state index in [1.807, 2.05) is 42.3 Å². The molecule has 1 heterocycles. The number of thioether (sulfide) groups is 1. The maximum atomic E-state index is 12.3. The highest BCUT2D eigenvalue weighted by Gasteiger charge is 2.25. The van der Waals surface area contributed by atoms with E-state index in [0.717, 1.165) is 17.2 Å². The molecular weight excluding hydrogens is 364 g/mol. The summed E-state index contributed by atoms with van der Waals surface area (Å²) >= 11 is 1.69. The molecule has 1 fully saturated rings. The Bertz CT molecular complexity index is 603. The van der Waals surface area contributed by atoms with E-state index in [1.54, 1.807) is 11.8 Å². The standard InChI is InChI=1S/C19H30N4O3S/c1-3-26-16-6-4-15(5-7-16)21-18(24)14-22-9-11-23(12-10-22)19(25)17(20)8-13-27-2/h4-7,17H,3,8-14,20H2,1-2H3,(H,21,24). The van der Waals surface area contributed by atoms with E-state index in [-0.39, 0.29) is 11.8 Å². The lowest BCUT2D eigenvalue weighted by Gasteiger charge is -2.35. The maximum Gasteiger partial charge on any atom is 0.239 e. The van der Waals surface area contributed by atoms with Crippen molar-refractivity contribution in [3.8, 4) is 5.75 Å². The maximum absolute atomic E-state index is 12.3. The molecule has 0 bridgehead atoms. The van der Waals surface area contributed by atoms with Crippen LogP contribution in [0.4, 0.5) is 5.69 Å². The number of hydrogen-bond donors (Lipinski definition) is 2. The van der Waals surface area contributed by atoms with Gasteiger partial charge in [0.1, 0.15) is 5.75 Å². The summed E-state index contributed by atoms with van der Waals surface area (Å²) in [4.78, 5) is 28.4. The van der Waals surface area contributed by atoms with Crippen LogP contribution in [0.5, 0.6) is 5.75 Å². The second kappa shape index (κ2) is 11.2. The molecule has 0 aromatic heterocycles. The molecule has 1 aliphatic heterocycles. The predicted molar refractivity (Wildman–Crippen MR) is 110 cm³/mol. The van der Waals surface area contributed by atoms with E-state index in [1.165, 1.54) is 0 Å². The number of carbonyl (C=O) groups is 2. The average Bonchev–Trinajstić information content (AvgIpc) is 2.68. The van der Waals surface area contributed by atoms with Crippen molar-refractivity contribution in [3.05, 3.63) is 24.3 Å². The summed E-state index contributed by atoms with van der Waals surface area (Å²) in [5, 5.41) is 2.89. The Morgan fingerprint density at radius 1 is 1.22 bits per heavy atom. The summed E-state index contributed by atoms with van der Waals surface area (Å²) in [5.41, 5.74) is 6.72. The SMILES string of the molecule is CCOc1ccc(NC(=O)CN2CCN(C(=O)C(N)CCSC)CC2)cc1. The highest BCUT2D eigenvalue weighted by Crippen LogP contribution is 2.15. The molecular formula is C19H30N4O3S. The van der Waals surface area contributed by atoms with Gasteiger partial charge < -0.3 is 20.7 Å². The van der Waals surface area contributed by atoms with Gasteiger partial charge in [-0.1, -0.05) is 0 Å². The Morgan fingerprint density at radius 3 is 2.48 bits per heavy atom. The Hall–Kier alpha value is -1.77. The van der Waals surface area contributed by atoms with Crippen molar-refractivity contribution in [2.45, 2.75) is 19.4 Å². The van der Waals surface area contributed by atoms with Gasteiger partial charge in [-0.05, 0) is 49.6 Å². The van der Waals surface area contributed by atoms with E-state index < -0.39 is 6.04 Å². The number of piperazine rings is 1. The van der Waals surface area contributed by atoms with Crippen LogP contribution in [0.3, 0.4) is 0 Å². The quantitative estimate of drug-likeness (QED) is 0.655. The number of ether oxygens (including phenoxy) is 1. The molecule has 0 aliphatic carbocycles. The Morgan fingerprint density at radius 2 is 1.89 bits per heavy atom. The zero-order chi connectivity index (χ0) is 19.6. The number of rotatable bonds is 9. The average molecular weight is 395 g/mol. The van der Waals surface area contributed by atoms with Crippen LogP contribution in [0.25, 0.3) is 0 Å². The highest BCUT2D eigenvalue weighted by molar-refractivity contribution is 7.98. The summed E-state index contributed by atoms with van der Waals surface area (Å²) in [6.07, 6.45) is 2.71. The van der Waals surface area contributed by atoms with E-state index in [0.29, 0.717) is 45.8 Å². The molecule has 27 heavy (non-hydrogen) atoms. The summed E-state index contributed by atoms with van der Waals surface area (Å²) in [6, 6.07) is 6.91. The number of nitrogens with zero attached hydrogens (tertiary/aromatic N) is 2. The van der Waals surface area contributed by atoms with Crippen LogP contribution in [0.2, 0.25) is 0 Å². The Labute approximate surface area is 165 Å². The van der Waals surface area contributed by atoms with Gasteiger partial charge >= 0.3 is 0 Å². The van der Waals surface area contributed by atoms with E-state index in [9.17, 15) is 9.59 Å². The molecule has 1 aromatic rings. The lowest BCUT2D eigenvalue weighted by Crippen LogP contribution is -2.54. The Kier molecular flexibility index (Phi) is 8.90. The molecule has 150 valence electrons.